The van der Waals surface area contributed by atoms with Gasteiger partial charge in [-0.15, -0.1) is 0 Å². The molecular formula is C11H13F2NO. The SMILES string of the molecule is CNCC(C)C(=O)c1ccc(F)c(F)c1. The zero-order valence-corrected chi connectivity index (χ0v) is 8.68. The predicted octanol–water partition coefficient (Wildman–Crippen LogP) is 2.00. The highest BCUT2D eigenvalue weighted by Gasteiger charge is 2.15. The van der Waals surface area contributed by atoms with Crippen molar-refractivity contribution in [1.29, 1.82) is 0 Å². The fourth-order valence-corrected chi connectivity index (χ4v) is 1.33. The maximum absolute atomic E-state index is 12.8. The van der Waals surface area contributed by atoms with Crippen LogP contribution in [0.15, 0.2) is 18.2 Å². The van der Waals surface area contributed by atoms with Crippen LogP contribution in [0, 0.1) is 17.6 Å². The highest BCUT2D eigenvalue weighted by Crippen LogP contribution is 2.12. The van der Waals surface area contributed by atoms with Crippen LogP contribution < -0.4 is 5.32 Å². The first-order chi connectivity index (χ1) is 7.06. The van der Waals surface area contributed by atoms with E-state index in [-0.39, 0.29) is 17.3 Å². The number of nitrogens with one attached hydrogen (secondary N) is 1. The molecule has 0 aromatic heterocycles. The van der Waals surface area contributed by atoms with E-state index >= 15 is 0 Å². The number of hydrogen-bond donors (Lipinski definition) is 1. The average molecular weight is 213 g/mol. The molecule has 0 fully saturated rings. The Labute approximate surface area is 87.3 Å². The third-order valence-electron chi connectivity index (χ3n) is 2.16. The van der Waals surface area contributed by atoms with Crippen LogP contribution in [-0.2, 0) is 0 Å². The van der Waals surface area contributed by atoms with Crippen molar-refractivity contribution in [3.63, 3.8) is 0 Å². The van der Waals surface area contributed by atoms with Crippen LogP contribution in [0.1, 0.15) is 17.3 Å². The summed E-state index contributed by atoms with van der Waals surface area (Å²) in [5.74, 6) is -2.37. The van der Waals surface area contributed by atoms with Crippen LogP contribution in [-0.4, -0.2) is 19.4 Å². The van der Waals surface area contributed by atoms with E-state index in [0.29, 0.717) is 6.54 Å². The van der Waals surface area contributed by atoms with E-state index in [0.717, 1.165) is 12.1 Å². The Morgan fingerprint density at radius 3 is 2.60 bits per heavy atom. The van der Waals surface area contributed by atoms with Gasteiger partial charge in [-0.1, -0.05) is 6.92 Å². The van der Waals surface area contributed by atoms with Gasteiger partial charge in [0.25, 0.3) is 0 Å². The van der Waals surface area contributed by atoms with Crippen molar-refractivity contribution in [3.05, 3.63) is 35.4 Å². The van der Waals surface area contributed by atoms with Gasteiger partial charge in [0, 0.05) is 18.0 Å². The van der Waals surface area contributed by atoms with Crippen LogP contribution in [0.25, 0.3) is 0 Å². The molecule has 0 spiro atoms. The molecule has 2 nitrogen and oxygen atoms in total. The molecular weight excluding hydrogens is 200 g/mol. The lowest BCUT2D eigenvalue weighted by Gasteiger charge is -2.09. The fraction of sp³-hybridized carbons (Fsp3) is 0.364. The molecule has 0 aliphatic rings. The molecule has 0 aliphatic heterocycles. The molecule has 82 valence electrons. The van der Waals surface area contributed by atoms with Gasteiger partial charge >= 0.3 is 0 Å². The largest absolute Gasteiger partial charge is 0.319 e. The number of hydrogen-bond acceptors (Lipinski definition) is 2. The Balaban J connectivity index is 2.87. The zero-order valence-electron chi connectivity index (χ0n) is 8.68. The van der Waals surface area contributed by atoms with E-state index in [1.54, 1.807) is 14.0 Å². The molecule has 0 saturated carbocycles. The van der Waals surface area contributed by atoms with Crippen molar-refractivity contribution in [2.45, 2.75) is 6.92 Å². The first kappa shape index (κ1) is 11.8. The smallest absolute Gasteiger partial charge is 0.167 e. The molecule has 0 bridgehead atoms. The zero-order chi connectivity index (χ0) is 11.4. The van der Waals surface area contributed by atoms with Gasteiger partial charge in [-0.25, -0.2) is 8.78 Å². The second-order valence-corrected chi connectivity index (χ2v) is 3.45. The molecule has 0 saturated heterocycles. The summed E-state index contributed by atoms with van der Waals surface area (Å²) in [5.41, 5.74) is 0.205. The number of Topliss-reactive ketones (excluding diaryl/α,β-unsaturated/α-hetero) is 1. The van der Waals surface area contributed by atoms with E-state index in [4.69, 9.17) is 0 Å². The Kier molecular flexibility index (Phi) is 3.91. The summed E-state index contributed by atoms with van der Waals surface area (Å²) in [6.45, 7) is 2.25. The summed E-state index contributed by atoms with van der Waals surface area (Å²) in [5, 5.41) is 2.86. The Morgan fingerprint density at radius 1 is 1.40 bits per heavy atom. The number of halogens is 2. The van der Waals surface area contributed by atoms with Crippen LogP contribution in [0.5, 0.6) is 0 Å². The molecule has 1 unspecified atom stereocenters. The molecule has 1 aromatic carbocycles. The highest BCUT2D eigenvalue weighted by atomic mass is 19.2. The van der Waals surface area contributed by atoms with E-state index in [1.165, 1.54) is 6.07 Å². The van der Waals surface area contributed by atoms with Crippen LogP contribution >= 0.6 is 0 Å². The summed E-state index contributed by atoms with van der Waals surface area (Å²) in [4.78, 5) is 11.7. The lowest BCUT2D eigenvalue weighted by atomic mass is 9.99. The van der Waals surface area contributed by atoms with Gasteiger partial charge in [-0.3, -0.25) is 4.79 Å². The third kappa shape index (κ3) is 2.83. The second-order valence-electron chi connectivity index (χ2n) is 3.45. The first-order valence-corrected chi connectivity index (χ1v) is 4.70. The molecule has 0 aliphatic carbocycles. The average Bonchev–Trinajstić information content (AvgIpc) is 2.21. The standard InChI is InChI=1S/C11H13F2NO/c1-7(6-14-2)11(15)8-3-4-9(12)10(13)5-8/h3-5,7,14H,6H2,1-2H3. The Bertz CT molecular complexity index is 366. The van der Waals surface area contributed by atoms with E-state index in [9.17, 15) is 13.6 Å². The third-order valence-corrected chi connectivity index (χ3v) is 2.16. The molecule has 1 N–H and O–H groups in total. The fourth-order valence-electron chi connectivity index (χ4n) is 1.33. The minimum absolute atomic E-state index is 0.191. The summed E-state index contributed by atoms with van der Waals surface area (Å²) in [6, 6.07) is 3.20. The lowest BCUT2D eigenvalue weighted by molar-refractivity contribution is 0.0929. The van der Waals surface area contributed by atoms with Gasteiger partial charge in [0.15, 0.2) is 17.4 Å². The number of carbonyl (C=O) groups is 1. The van der Waals surface area contributed by atoms with Crippen LogP contribution in [0.4, 0.5) is 8.78 Å². The number of rotatable bonds is 4. The van der Waals surface area contributed by atoms with Crippen molar-refractivity contribution in [1.82, 2.24) is 5.32 Å². The molecule has 1 aromatic rings. The molecule has 15 heavy (non-hydrogen) atoms. The molecule has 4 heteroatoms. The van der Waals surface area contributed by atoms with Crippen molar-refractivity contribution >= 4 is 5.78 Å². The molecule has 0 heterocycles. The minimum atomic E-state index is -0.988. The number of benzene rings is 1. The van der Waals surface area contributed by atoms with Crippen molar-refractivity contribution in [3.8, 4) is 0 Å². The Morgan fingerprint density at radius 2 is 2.07 bits per heavy atom. The topological polar surface area (TPSA) is 29.1 Å². The summed E-state index contributed by atoms with van der Waals surface area (Å²) < 4.78 is 25.5. The van der Waals surface area contributed by atoms with Gasteiger partial charge in [-0.2, -0.15) is 0 Å². The number of carbonyl (C=O) groups excluding carboxylic acids is 1. The van der Waals surface area contributed by atoms with Crippen molar-refractivity contribution in [2.75, 3.05) is 13.6 Å². The first-order valence-electron chi connectivity index (χ1n) is 4.70. The van der Waals surface area contributed by atoms with Gasteiger partial charge in [-0.05, 0) is 25.2 Å². The van der Waals surface area contributed by atoms with Crippen molar-refractivity contribution < 1.29 is 13.6 Å². The molecule has 0 amide bonds. The maximum Gasteiger partial charge on any atom is 0.167 e. The van der Waals surface area contributed by atoms with Crippen LogP contribution in [0.2, 0.25) is 0 Å². The Hall–Kier alpha value is -1.29. The monoisotopic (exact) mass is 213 g/mol. The number of ketones is 1. The molecule has 1 rings (SSSR count). The summed E-state index contributed by atoms with van der Waals surface area (Å²) >= 11 is 0. The van der Waals surface area contributed by atoms with E-state index in [1.807, 2.05) is 0 Å². The van der Waals surface area contributed by atoms with Gasteiger partial charge in [0.2, 0.25) is 0 Å². The van der Waals surface area contributed by atoms with Gasteiger partial charge in [0.1, 0.15) is 0 Å². The van der Waals surface area contributed by atoms with Gasteiger partial charge < -0.3 is 5.32 Å². The van der Waals surface area contributed by atoms with Crippen LogP contribution in [0.3, 0.4) is 0 Å². The minimum Gasteiger partial charge on any atom is -0.319 e. The molecule has 1 atom stereocenters. The molecule has 0 radical (unpaired) electrons. The summed E-state index contributed by atoms with van der Waals surface area (Å²) in [7, 11) is 1.73. The summed E-state index contributed by atoms with van der Waals surface area (Å²) in [6.07, 6.45) is 0. The lowest BCUT2D eigenvalue weighted by Crippen LogP contribution is -2.23. The van der Waals surface area contributed by atoms with Gasteiger partial charge in [0.05, 0.1) is 0 Å². The van der Waals surface area contributed by atoms with E-state index < -0.39 is 11.6 Å². The predicted molar refractivity (Wildman–Crippen MR) is 53.8 cm³/mol. The highest BCUT2D eigenvalue weighted by molar-refractivity contribution is 5.97. The van der Waals surface area contributed by atoms with Crippen molar-refractivity contribution in [2.24, 2.45) is 5.92 Å². The normalized spacial score (nSPS) is 12.5. The quantitative estimate of drug-likeness (QED) is 0.775. The second kappa shape index (κ2) is 4.98. The maximum atomic E-state index is 12.8. The van der Waals surface area contributed by atoms with E-state index in [2.05, 4.69) is 5.32 Å².